The van der Waals surface area contributed by atoms with Crippen molar-refractivity contribution in [3.63, 3.8) is 0 Å². The van der Waals surface area contributed by atoms with E-state index in [1.807, 2.05) is 56.2 Å². The standard InChI is InChI=1S/C19H23N7/c1-13(2)25-19-16(7-20)6-15(10-23-19)9-22-17-11-21-5-4-18(17)26-12-14(3)8-24-26/h4-8,10-13,20,22H,9H2,1-3H3,(H,23,25). The Morgan fingerprint density at radius 1 is 1.27 bits per heavy atom. The number of rotatable bonds is 7. The van der Waals surface area contributed by atoms with E-state index in [4.69, 9.17) is 5.41 Å². The molecule has 7 nitrogen and oxygen atoms in total. The van der Waals surface area contributed by atoms with Crippen LogP contribution in [0, 0.1) is 12.3 Å². The van der Waals surface area contributed by atoms with Crippen LogP contribution in [0.15, 0.2) is 43.1 Å². The van der Waals surface area contributed by atoms with Crippen molar-refractivity contribution in [3.05, 3.63) is 59.8 Å². The van der Waals surface area contributed by atoms with Crippen LogP contribution < -0.4 is 10.6 Å². The van der Waals surface area contributed by atoms with E-state index in [1.165, 1.54) is 6.21 Å². The molecule has 0 aliphatic heterocycles. The first-order chi connectivity index (χ1) is 12.6. The molecule has 0 aliphatic rings. The van der Waals surface area contributed by atoms with Crippen LogP contribution >= 0.6 is 0 Å². The van der Waals surface area contributed by atoms with Crippen LogP contribution in [0.3, 0.4) is 0 Å². The zero-order valence-corrected chi connectivity index (χ0v) is 15.2. The predicted octanol–water partition coefficient (Wildman–Crippen LogP) is 3.40. The molecule has 134 valence electrons. The summed E-state index contributed by atoms with van der Waals surface area (Å²) in [7, 11) is 0. The molecule has 3 aromatic heterocycles. The Bertz CT molecular complexity index is 898. The van der Waals surface area contributed by atoms with Crippen molar-refractivity contribution in [1.29, 1.82) is 5.41 Å². The van der Waals surface area contributed by atoms with Crippen molar-refractivity contribution in [3.8, 4) is 5.69 Å². The highest BCUT2D eigenvalue weighted by molar-refractivity contribution is 5.84. The predicted molar refractivity (Wildman–Crippen MR) is 104 cm³/mol. The molecule has 7 heteroatoms. The summed E-state index contributed by atoms with van der Waals surface area (Å²) >= 11 is 0. The maximum Gasteiger partial charge on any atom is 0.134 e. The Morgan fingerprint density at radius 3 is 2.81 bits per heavy atom. The van der Waals surface area contributed by atoms with E-state index in [1.54, 1.807) is 12.4 Å². The van der Waals surface area contributed by atoms with E-state index in [-0.39, 0.29) is 6.04 Å². The minimum Gasteiger partial charge on any atom is -0.378 e. The maximum atomic E-state index is 7.62. The monoisotopic (exact) mass is 349 g/mol. The fraction of sp³-hybridized carbons (Fsp3) is 0.263. The van der Waals surface area contributed by atoms with Gasteiger partial charge in [-0.1, -0.05) is 0 Å². The third-order valence-electron chi connectivity index (χ3n) is 3.79. The Kier molecular flexibility index (Phi) is 5.26. The molecular formula is C19H23N7. The second kappa shape index (κ2) is 7.77. The Labute approximate surface area is 153 Å². The van der Waals surface area contributed by atoms with Crippen molar-refractivity contribution in [2.45, 2.75) is 33.4 Å². The van der Waals surface area contributed by atoms with Gasteiger partial charge in [-0.15, -0.1) is 0 Å². The second-order valence-corrected chi connectivity index (χ2v) is 6.43. The molecule has 0 aromatic carbocycles. The van der Waals surface area contributed by atoms with Crippen LogP contribution in [-0.2, 0) is 6.54 Å². The lowest BCUT2D eigenvalue weighted by Gasteiger charge is -2.14. The molecule has 3 heterocycles. The van der Waals surface area contributed by atoms with Crippen LogP contribution in [0.25, 0.3) is 5.69 Å². The minimum absolute atomic E-state index is 0.264. The van der Waals surface area contributed by atoms with Gasteiger partial charge >= 0.3 is 0 Å². The molecule has 0 amide bonds. The van der Waals surface area contributed by atoms with E-state index in [0.29, 0.717) is 6.54 Å². The average Bonchev–Trinajstić information content (AvgIpc) is 3.07. The summed E-state index contributed by atoms with van der Waals surface area (Å²) in [5.74, 6) is 0.729. The summed E-state index contributed by atoms with van der Waals surface area (Å²) in [6.45, 7) is 6.68. The number of pyridine rings is 2. The molecule has 0 unspecified atom stereocenters. The van der Waals surface area contributed by atoms with E-state index < -0.39 is 0 Å². The quantitative estimate of drug-likeness (QED) is 0.569. The summed E-state index contributed by atoms with van der Waals surface area (Å²) < 4.78 is 1.83. The highest BCUT2D eigenvalue weighted by Crippen LogP contribution is 2.20. The van der Waals surface area contributed by atoms with Gasteiger partial charge in [-0.3, -0.25) is 4.98 Å². The van der Waals surface area contributed by atoms with Gasteiger partial charge in [0.05, 0.1) is 23.8 Å². The van der Waals surface area contributed by atoms with E-state index >= 15 is 0 Å². The topological polar surface area (TPSA) is 91.5 Å². The van der Waals surface area contributed by atoms with Crippen LogP contribution in [0.2, 0.25) is 0 Å². The summed E-state index contributed by atoms with van der Waals surface area (Å²) in [5.41, 5.74) is 4.68. The van der Waals surface area contributed by atoms with Gasteiger partial charge < -0.3 is 16.0 Å². The fourth-order valence-electron chi connectivity index (χ4n) is 2.59. The maximum absolute atomic E-state index is 7.62. The van der Waals surface area contributed by atoms with Crippen LogP contribution in [-0.4, -0.2) is 32.0 Å². The van der Waals surface area contributed by atoms with Gasteiger partial charge in [0, 0.05) is 43.0 Å². The highest BCUT2D eigenvalue weighted by Gasteiger charge is 2.08. The van der Waals surface area contributed by atoms with E-state index in [0.717, 1.165) is 33.9 Å². The highest BCUT2D eigenvalue weighted by atomic mass is 15.3. The number of anilines is 2. The lowest BCUT2D eigenvalue weighted by Crippen LogP contribution is -2.13. The van der Waals surface area contributed by atoms with Gasteiger partial charge in [-0.25, -0.2) is 9.67 Å². The molecule has 3 aromatic rings. The zero-order valence-electron chi connectivity index (χ0n) is 15.2. The lowest BCUT2D eigenvalue weighted by molar-refractivity contribution is 0.875. The molecule has 0 radical (unpaired) electrons. The summed E-state index contributed by atoms with van der Waals surface area (Å²) in [6.07, 6.45) is 10.5. The van der Waals surface area contributed by atoms with Crippen LogP contribution in [0.5, 0.6) is 0 Å². The second-order valence-electron chi connectivity index (χ2n) is 6.43. The average molecular weight is 349 g/mol. The molecule has 3 rings (SSSR count). The van der Waals surface area contributed by atoms with Crippen molar-refractivity contribution in [2.24, 2.45) is 0 Å². The van der Waals surface area contributed by atoms with Gasteiger partial charge in [0.2, 0.25) is 0 Å². The smallest absolute Gasteiger partial charge is 0.134 e. The summed E-state index contributed by atoms with van der Waals surface area (Å²) in [6, 6.07) is 4.15. The van der Waals surface area contributed by atoms with Gasteiger partial charge in [-0.05, 0) is 44.0 Å². The number of nitrogens with one attached hydrogen (secondary N) is 3. The van der Waals surface area contributed by atoms with Gasteiger partial charge in [0.25, 0.3) is 0 Å². The third-order valence-corrected chi connectivity index (χ3v) is 3.79. The first-order valence-electron chi connectivity index (χ1n) is 8.52. The van der Waals surface area contributed by atoms with Gasteiger partial charge in [0.15, 0.2) is 0 Å². The normalized spacial score (nSPS) is 10.8. The molecule has 0 saturated heterocycles. The molecule has 26 heavy (non-hydrogen) atoms. The lowest BCUT2D eigenvalue weighted by atomic mass is 10.2. The molecule has 0 fully saturated rings. The first-order valence-corrected chi connectivity index (χ1v) is 8.52. The van der Waals surface area contributed by atoms with Crippen molar-refractivity contribution >= 4 is 17.7 Å². The number of nitrogens with zero attached hydrogens (tertiary/aromatic N) is 4. The van der Waals surface area contributed by atoms with E-state index in [9.17, 15) is 0 Å². The molecule has 0 spiro atoms. The molecule has 0 bridgehead atoms. The molecule has 3 N–H and O–H groups in total. The fourth-order valence-corrected chi connectivity index (χ4v) is 2.59. The largest absolute Gasteiger partial charge is 0.378 e. The number of hydrogen-bond acceptors (Lipinski definition) is 6. The van der Waals surface area contributed by atoms with Crippen LogP contribution in [0.4, 0.5) is 11.5 Å². The van der Waals surface area contributed by atoms with Crippen molar-refractivity contribution < 1.29 is 0 Å². The van der Waals surface area contributed by atoms with Gasteiger partial charge in [0.1, 0.15) is 5.82 Å². The number of aryl methyl sites for hydroxylation is 1. The third kappa shape index (κ3) is 4.05. The summed E-state index contributed by atoms with van der Waals surface area (Å²) in [5, 5.41) is 18.6. The van der Waals surface area contributed by atoms with Crippen LogP contribution in [0.1, 0.15) is 30.5 Å². The van der Waals surface area contributed by atoms with Crippen molar-refractivity contribution in [2.75, 3.05) is 10.6 Å². The SMILES string of the molecule is Cc1cnn(-c2ccncc2NCc2cnc(NC(C)C)c(C=N)c2)c1. The number of aromatic nitrogens is 4. The number of hydrogen-bond donors (Lipinski definition) is 3. The van der Waals surface area contributed by atoms with E-state index in [2.05, 4.69) is 25.7 Å². The Balaban J connectivity index is 1.78. The molecular weight excluding hydrogens is 326 g/mol. The summed E-state index contributed by atoms with van der Waals surface area (Å²) in [4.78, 5) is 8.66. The van der Waals surface area contributed by atoms with Crippen molar-refractivity contribution in [1.82, 2.24) is 19.7 Å². The van der Waals surface area contributed by atoms with Gasteiger partial charge in [-0.2, -0.15) is 5.10 Å². The minimum atomic E-state index is 0.264. The first kappa shape index (κ1) is 17.6. The Morgan fingerprint density at radius 2 is 2.12 bits per heavy atom. The molecule has 0 atom stereocenters. The zero-order chi connectivity index (χ0) is 18.5. The Hall–Kier alpha value is -3.22. The molecule has 0 saturated carbocycles. The molecule has 0 aliphatic carbocycles.